The van der Waals surface area contributed by atoms with Crippen molar-refractivity contribution in [3.63, 3.8) is 0 Å². The van der Waals surface area contributed by atoms with E-state index in [9.17, 15) is 15.2 Å². The van der Waals surface area contributed by atoms with E-state index >= 15 is 0 Å². The molecule has 1 aliphatic rings. The van der Waals surface area contributed by atoms with Gasteiger partial charge in [0.1, 0.15) is 0 Å². The number of benzene rings is 1. The molecule has 0 amide bonds. The zero-order chi connectivity index (χ0) is 11.5. The van der Waals surface area contributed by atoms with E-state index in [4.69, 9.17) is 0 Å². The van der Waals surface area contributed by atoms with E-state index in [1.165, 1.54) is 12.5 Å². The van der Waals surface area contributed by atoms with Crippen LogP contribution in [0.2, 0.25) is 0 Å². The molecule has 0 saturated carbocycles. The number of rotatable bonds is 2. The van der Waals surface area contributed by atoms with Crippen LogP contribution in [0.5, 0.6) is 5.75 Å². The maximum atomic E-state index is 10.7. The Bertz CT molecular complexity index is 410. The molecule has 1 saturated heterocycles. The third kappa shape index (κ3) is 2.67. The van der Waals surface area contributed by atoms with Crippen molar-refractivity contribution in [2.75, 3.05) is 11.5 Å². The molecular formula is C9H10AsNO3S2. The minimum atomic E-state index is -1.23. The van der Waals surface area contributed by atoms with Crippen molar-refractivity contribution < 1.29 is 10.0 Å². The van der Waals surface area contributed by atoms with Gasteiger partial charge in [-0.2, -0.15) is 0 Å². The van der Waals surface area contributed by atoms with Gasteiger partial charge in [-0.3, -0.25) is 0 Å². The zero-order valence-electron chi connectivity index (χ0n) is 8.33. The third-order valence-corrected chi connectivity index (χ3v) is 15.7. The molecule has 86 valence electrons. The predicted octanol–water partition coefficient (Wildman–Crippen LogP) is 1.87. The number of hydrogen-bond acceptors (Lipinski definition) is 5. The Balaban J connectivity index is 2.27. The fourth-order valence-electron chi connectivity index (χ4n) is 1.31. The first kappa shape index (κ1) is 12.1. The summed E-state index contributed by atoms with van der Waals surface area (Å²) >= 11 is -1.23. The summed E-state index contributed by atoms with van der Waals surface area (Å²) in [5.41, 5.74) is -0.168. The second-order valence-electron chi connectivity index (χ2n) is 3.21. The van der Waals surface area contributed by atoms with Crippen LogP contribution in [0.1, 0.15) is 6.42 Å². The molecule has 7 heteroatoms. The topological polar surface area (TPSA) is 63.4 Å². The first-order valence-corrected chi connectivity index (χ1v) is 12.1. The van der Waals surface area contributed by atoms with Crippen molar-refractivity contribution in [2.24, 2.45) is 0 Å². The molecule has 1 aromatic rings. The summed E-state index contributed by atoms with van der Waals surface area (Å²) in [6, 6.07) is 4.81. The van der Waals surface area contributed by atoms with Gasteiger partial charge in [0.25, 0.3) is 0 Å². The summed E-state index contributed by atoms with van der Waals surface area (Å²) in [4.78, 5) is 10.2. The Morgan fingerprint density at radius 3 is 2.69 bits per heavy atom. The summed E-state index contributed by atoms with van der Waals surface area (Å²) in [7, 11) is 3.89. The van der Waals surface area contributed by atoms with E-state index in [1.54, 1.807) is 6.07 Å². The quantitative estimate of drug-likeness (QED) is 0.512. The van der Waals surface area contributed by atoms with Gasteiger partial charge in [0.2, 0.25) is 0 Å². The van der Waals surface area contributed by atoms with Gasteiger partial charge >= 0.3 is 104 Å². The van der Waals surface area contributed by atoms with Crippen LogP contribution in [-0.2, 0) is 0 Å². The number of phenolic OH excluding ortho intramolecular Hbond substituents is 1. The van der Waals surface area contributed by atoms with Crippen LogP contribution in [0.15, 0.2) is 18.2 Å². The summed E-state index contributed by atoms with van der Waals surface area (Å²) < 4.78 is 1.06. The van der Waals surface area contributed by atoms with Crippen LogP contribution in [-0.4, -0.2) is 33.9 Å². The Morgan fingerprint density at radius 1 is 1.38 bits per heavy atom. The summed E-state index contributed by atoms with van der Waals surface area (Å²) in [6.07, 6.45) is 1.22. The molecule has 0 aromatic heterocycles. The molecule has 0 spiro atoms. The van der Waals surface area contributed by atoms with Gasteiger partial charge in [0.15, 0.2) is 0 Å². The fraction of sp³-hybridized carbons (Fsp3) is 0.333. The number of nitro groups is 1. The average Bonchev–Trinajstić information content (AvgIpc) is 2.30. The molecular weight excluding hydrogens is 309 g/mol. The van der Waals surface area contributed by atoms with Gasteiger partial charge in [-0.15, -0.1) is 0 Å². The van der Waals surface area contributed by atoms with Gasteiger partial charge in [-0.1, -0.05) is 0 Å². The number of aromatic hydroxyl groups is 1. The second kappa shape index (κ2) is 5.34. The first-order chi connectivity index (χ1) is 7.68. The van der Waals surface area contributed by atoms with Crippen molar-refractivity contribution in [1.29, 1.82) is 0 Å². The molecule has 0 unspecified atom stereocenters. The van der Waals surface area contributed by atoms with Crippen LogP contribution < -0.4 is 4.35 Å². The molecule has 1 aliphatic heterocycles. The van der Waals surface area contributed by atoms with Gasteiger partial charge < -0.3 is 0 Å². The predicted molar refractivity (Wildman–Crippen MR) is 69.7 cm³/mol. The van der Waals surface area contributed by atoms with Crippen molar-refractivity contribution >= 4 is 42.4 Å². The summed E-state index contributed by atoms with van der Waals surface area (Å²) in [5, 5.41) is 20.1. The summed E-state index contributed by atoms with van der Waals surface area (Å²) in [5.74, 6) is 2.07. The normalized spacial score (nSPS) is 17.2. The minimum absolute atomic E-state index is 0.168. The fourth-order valence-corrected chi connectivity index (χ4v) is 14.4. The Kier molecular flexibility index (Phi) is 4.05. The zero-order valence-corrected chi connectivity index (χ0v) is 11.8. The molecule has 0 atom stereocenters. The van der Waals surface area contributed by atoms with Crippen LogP contribution >= 0.6 is 20.0 Å². The molecule has 16 heavy (non-hydrogen) atoms. The molecule has 1 fully saturated rings. The number of phenols is 1. The molecule has 4 nitrogen and oxygen atoms in total. The first-order valence-electron chi connectivity index (χ1n) is 4.72. The monoisotopic (exact) mass is 319 g/mol. The number of nitrogens with zero attached hydrogens (tertiary/aromatic N) is 1. The molecule has 1 aromatic carbocycles. The summed E-state index contributed by atoms with van der Waals surface area (Å²) in [6.45, 7) is 0. The van der Waals surface area contributed by atoms with Gasteiger partial charge in [-0.25, -0.2) is 0 Å². The maximum absolute atomic E-state index is 10.7. The molecule has 0 bridgehead atoms. The SMILES string of the molecule is O=[N+]([O-])c1cc([As]2SCCCS2)ccc1O. The van der Waals surface area contributed by atoms with E-state index in [0.29, 0.717) is 0 Å². The van der Waals surface area contributed by atoms with Crippen molar-refractivity contribution in [3.8, 4) is 5.75 Å². The van der Waals surface area contributed by atoms with Crippen LogP contribution in [0.4, 0.5) is 5.69 Å². The molecule has 1 N–H and O–H groups in total. The van der Waals surface area contributed by atoms with Gasteiger partial charge in [0, 0.05) is 0 Å². The standard InChI is InChI=1S/C9H10AsNO3S2/c12-9-3-2-7(6-8(9)11(13)14)10-15-4-1-5-16-10/h2-3,6,12H,1,4-5H2. The Hall–Kier alpha value is -0.322. The molecule has 0 radical (unpaired) electrons. The van der Waals surface area contributed by atoms with Crippen LogP contribution in [0, 0.1) is 10.1 Å². The van der Waals surface area contributed by atoms with Gasteiger partial charge in [0.05, 0.1) is 0 Å². The van der Waals surface area contributed by atoms with Crippen LogP contribution in [0.3, 0.4) is 0 Å². The van der Waals surface area contributed by atoms with Crippen molar-refractivity contribution in [1.82, 2.24) is 0 Å². The number of nitro benzene ring substituents is 1. The number of hydrogen-bond donors (Lipinski definition) is 1. The third-order valence-electron chi connectivity index (χ3n) is 2.07. The van der Waals surface area contributed by atoms with Crippen molar-refractivity contribution in [3.05, 3.63) is 28.3 Å². The van der Waals surface area contributed by atoms with Gasteiger partial charge in [-0.05, 0) is 0 Å². The average molecular weight is 319 g/mol. The van der Waals surface area contributed by atoms with Crippen molar-refractivity contribution in [2.45, 2.75) is 6.42 Å². The van der Waals surface area contributed by atoms with E-state index in [1.807, 2.05) is 26.1 Å². The van der Waals surface area contributed by atoms with E-state index in [2.05, 4.69) is 0 Å². The molecule has 1 heterocycles. The second-order valence-corrected chi connectivity index (χ2v) is 14.9. The van der Waals surface area contributed by atoms with E-state index in [0.717, 1.165) is 15.9 Å². The van der Waals surface area contributed by atoms with E-state index < -0.39 is 17.3 Å². The Labute approximate surface area is 104 Å². The Morgan fingerprint density at radius 2 is 2.06 bits per heavy atom. The van der Waals surface area contributed by atoms with Crippen LogP contribution in [0.25, 0.3) is 0 Å². The molecule has 0 aliphatic carbocycles. The van der Waals surface area contributed by atoms with E-state index in [-0.39, 0.29) is 11.4 Å². The molecule has 2 rings (SSSR count).